The quantitative estimate of drug-likeness (QED) is 0.819. The molecule has 2 aromatic heterocycles. The van der Waals surface area contributed by atoms with Gasteiger partial charge in [-0.05, 0) is 44.7 Å². The normalized spacial score (nSPS) is 16.8. The van der Waals surface area contributed by atoms with Gasteiger partial charge in [-0.15, -0.1) is 35.1 Å². The molecule has 8 heteroatoms. The number of aryl methyl sites for hydroxylation is 1. The molecule has 1 amide bonds. The average molecular weight is 406 g/mol. The van der Waals surface area contributed by atoms with E-state index in [2.05, 4.69) is 4.98 Å². The van der Waals surface area contributed by atoms with Crippen LogP contribution in [0.25, 0.3) is 9.88 Å². The lowest BCUT2D eigenvalue weighted by Crippen LogP contribution is -2.42. The first-order chi connectivity index (χ1) is 11.0. The maximum Gasteiger partial charge on any atom is 0.265 e. The van der Waals surface area contributed by atoms with Gasteiger partial charge in [0.2, 0.25) is 0 Å². The van der Waals surface area contributed by atoms with Gasteiger partial charge in [0.15, 0.2) is 0 Å². The molecule has 0 bridgehead atoms. The number of aromatic nitrogens is 1. The Morgan fingerprint density at radius 1 is 1.38 bits per heavy atom. The number of rotatable bonds is 3. The van der Waals surface area contributed by atoms with Gasteiger partial charge in [0.05, 0.1) is 14.9 Å². The minimum atomic E-state index is 0. The predicted molar refractivity (Wildman–Crippen MR) is 105 cm³/mol. The molecule has 1 saturated heterocycles. The fraction of sp³-hybridized carbons (Fsp3) is 0.500. The van der Waals surface area contributed by atoms with Gasteiger partial charge in [-0.3, -0.25) is 4.79 Å². The molecule has 0 spiro atoms. The molecular formula is C16H21Cl2N3OS2. The lowest BCUT2D eigenvalue weighted by atomic mass is 9.91. The molecule has 0 aliphatic carbocycles. The number of likely N-dealkylation sites (tertiary alicyclic amines) is 1. The van der Waals surface area contributed by atoms with Gasteiger partial charge in [0, 0.05) is 19.1 Å². The predicted octanol–water partition coefficient (Wildman–Crippen LogP) is 4.45. The summed E-state index contributed by atoms with van der Waals surface area (Å²) in [6.07, 6.45) is 1.96. The summed E-state index contributed by atoms with van der Waals surface area (Å²) in [7, 11) is 0. The van der Waals surface area contributed by atoms with Crippen LogP contribution in [0.3, 0.4) is 0 Å². The third-order valence-electron chi connectivity index (χ3n) is 4.35. The van der Waals surface area contributed by atoms with Crippen molar-refractivity contribution in [3.8, 4) is 9.88 Å². The average Bonchev–Trinajstić information content (AvgIpc) is 3.12. The third-order valence-corrected chi connectivity index (χ3v) is 6.89. The number of thiophene rings is 1. The summed E-state index contributed by atoms with van der Waals surface area (Å²) in [4.78, 5) is 21.0. The molecule has 1 aliphatic heterocycles. The molecule has 0 saturated carbocycles. The van der Waals surface area contributed by atoms with Gasteiger partial charge in [0.1, 0.15) is 9.88 Å². The molecule has 1 fully saturated rings. The van der Waals surface area contributed by atoms with Crippen LogP contribution in [-0.2, 0) is 0 Å². The number of nitrogens with two attached hydrogens (primary N) is 1. The first-order valence-electron chi connectivity index (χ1n) is 7.73. The third kappa shape index (κ3) is 4.11. The molecule has 2 N–H and O–H groups in total. The Morgan fingerprint density at radius 3 is 2.58 bits per heavy atom. The lowest BCUT2D eigenvalue weighted by Gasteiger charge is -2.33. The van der Waals surface area contributed by atoms with Crippen molar-refractivity contribution in [3.63, 3.8) is 0 Å². The summed E-state index contributed by atoms with van der Waals surface area (Å²) >= 11 is 8.94. The van der Waals surface area contributed by atoms with E-state index in [1.54, 1.807) is 0 Å². The van der Waals surface area contributed by atoms with Gasteiger partial charge in [-0.25, -0.2) is 4.98 Å². The highest BCUT2D eigenvalue weighted by atomic mass is 35.5. The van der Waals surface area contributed by atoms with Crippen LogP contribution in [0.1, 0.15) is 35.1 Å². The largest absolute Gasteiger partial charge is 0.338 e. The van der Waals surface area contributed by atoms with Crippen molar-refractivity contribution < 1.29 is 4.79 Å². The molecule has 0 radical (unpaired) electrons. The number of amides is 1. The Kier molecular flexibility index (Phi) is 6.67. The second-order valence-electron chi connectivity index (χ2n) is 6.03. The molecule has 3 heterocycles. The fourth-order valence-corrected chi connectivity index (χ4v) is 5.03. The Morgan fingerprint density at radius 2 is 2.04 bits per heavy atom. The van der Waals surface area contributed by atoms with E-state index >= 15 is 0 Å². The summed E-state index contributed by atoms with van der Waals surface area (Å²) in [5.74, 6) is 0.613. The van der Waals surface area contributed by atoms with E-state index in [0.29, 0.717) is 5.92 Å². The van der Waals surface area contributed by atoms with Crippen molar-refractivity contribution in [2.75, 3.05) is 13.1 Å². The van der Waals surface area contributed by atoms with E-state index in [9.17, 15) is 4.79 Å². The molecule has 4 nitrogen and oxygen atoms in total. The van der Waals surface area contributed by atoms with E-state index in [1.807, 2.05) is 30.9 Å². The Labute approximate surface area is 161 Å². The summed E-state index contributed by atoms with van der Waals surface area (Å²) in [5, 5.41) is 0.869. The van der Waals surface area contributed by atoms with E-state index in [4.69, 9.17) is 17.3 Å². The topological polar surface area (TPSA) is 59.2 Å². The van der Waals surface area contributed by atoms with E-state index in [-0.39, 0.29) is 24.4 Å². The summed E-state index contributed by atoms with van der Waals surface area (Å²) in [6, 6.07) is 4.01. The van der Waals surface area contributed by atoms with E-state index < -0.39 is 0 Å². The summed E-state index contributed by atoms with van der Waals surface area (Å²) in [6.45, 7) is 5.51. The molecule has 3 rings (SSSR count). The van der Waals surface area contributed by atoms with Crippen molar-refractivity contribution in [2.45, 2.75) is 32.7 Å². The van der Waals surface area contributed by atoms with Crippen molar-refractivity contribution >= 4 is 52.6 Å². The monoisotopic (exact) mass is 405 g/mol. The van der Waals surface area contributed by atoms with Crippen LogP contribution in [0.15, 0.2) is 12.1 Å². The van der Waals surface area contributed by atoms with Crippen molar-refractivity contribution in [1.29, 1.82) is 0 Å². The minimum Gasteiger partial charge on any atom is -0.338 e. The molecule has 1 aliphatic rings. The number of carbonyl (C=O) groups is 1. The fourth-order valence-electron chi connectivity index (χ4n) is 2.90. The molecule has 2 aromatic rings. The highest BCUT2D eigenvalue weighted by molar-refractivity contribution is 7.24. The maximum absolute atomic E-state index is 12.8. The summed E-state index contributed by atoms with van der Waals surface area (Å²) in [5.41, 5.74) is 6.77. The minimum absolute atomic E-state index is 0. The molecule has 24 heavy (non-hydrogen) atoms. The zero-order valence-electron chi connectivity index (χ0n) is 13.6. The van der Waals surface area contributed by atoms with Crippen LogP contribution in [0.4, 0.5) is 0 Å². The number of carbonyl (C=O) groups excluding carboxylic acids is 1. The van der Waals surface area contributed by atoms with Gasteiger partial charge in [-0.1, -0.05) is 11.6 Å². The van der Waals surface area contributed by atoms with Crippen LogP contribution < -0.4 is 5.73 Å². The molecule has 1 atom stereocenters. The van der Waals surface area contributed by atoms with Crippen molar-refractivity contribution in [1.82, 2.24) is 9.88 Å². The Balaban J connectivity index is 0.00000208. The van der Waals surface area contributed by atoms with Gasteiger partial charge >= 0.3 is 0 Å². The second kappa shape index (κ2) is 8.15. The smallest absolute Gasteiger partial charge is 0.265 e. The first-order valence-corrected chi connectivity index (χ1v) is 9.75. The van der Waals surface area contributed by atoms with Crippen LogP contribution in [0, 0.1) is 12.8 Å². The van der Waals surface area contributed by atoms with Crippen LogP contribution in [0.5, 0.6) is 0 Å². The van der Waals surface area contributed by atoms with Crippen molar-refractivity contribution in [3.05, 3.63) is 27.0 Å². The SMILES string of the molecule is Cc1nc(-c2ccc(Cl)s2)sc1C(=O)N1CCC(C(C)N)CC1.Cl. The molecular weight excluding hydrogens is 385 g/mol. The van der Waals surface area contributed by atoms with Crippen LogP contribution in [-0.4, -0.2) is 34.9 Å². The number of halogens is 2. The Bertz CT molecular complexity index is 706. The zero-order valence-corrected chi connectivity index (χ0v) is 16.8. The van der Waals surface area contributed by atoms with E-state index in [1.165, 1.54) is 22.7 Å². The van der Waals surface area contributed by atoms with Crippen LogP contribution >= 0.6 is 46.7 Å². The van der Waals surface area contributed by atoms with Gasteiger partial charge < -0.3 is 10.6 Å². The lowest BCUT2D eigenvalue weighted by molar-refractivity contribution is 0.0685. The number of hydrogen-bond acceptors (Lipinski definition) is 5. The van der Waals surface area contributed by atoms with Gasteiger partial charge in [0.25, 0.3) is 5.91 Å². The first kappa shape index (κ1) is 19.7. The standard InChI is InChI=1S/C16H20ClN3OS2.ClH/c1-9(18)11-5-7-20(8-6-11)16(21)14-10(2)19-15(23-14)12-3-4-13(17)22-12;/h3-4,9,11H,5-8,18H2,1-2H3;1H. The molecule has 132 valence electrons. The van der Waals surface area contributed by atoms with Crippen molar-refractivity contribution in [2.24, 2.45) is 11.7 Å². The second-order valence-corrected chi connectivity index (χ2v) is 8.74. The maximum atomic E-state index is 12.8. The zero-order chi connectivity index (χ0) is 16.6. The Hall–Kier alpha value is -0.660. The van der Waals surface area contributed by atoms with E-state index in [0.717, 1.165) is 50.7 Å². The number of piperidine rings is 1. The highest BCUT2D eigenvalue weighted by Crippen LogP contribution is 2.35. The molecule has 1 unspecified atom stereocenters. The number of hydrogen-bond donors (Lipinski definition) is 1. The van der Waals surface area contributed by atoms with Gasteiger partial charge in [-0.2, -0.15) is 0 Å². The highest BCUT2D eigenvalue weighted by Gasteiger charge is 2.28. The molecule has 0 aromatic carbocycles. The summed E-state index contributed by atoms with van der Waals surface area (Å²) < 4.78 is 0.735. The number of nitrogens with zero attached hydrogens (tertiary/aromatic N) is 2. The number of thiazole rings is 1. The van der Waals surface area contributed by atoms with Crippen LogP contribution in [0.2, 0.25) is 4.34 Å².